The van der Waals surface area contributed by atoms with E-state index < -0.39 is 0 Å². The van der Waals surface area contributed by atoms with E-state index in [0.29, 0.717) is 0 Å². The first-order valence-electron chi connectivity index (χ1n) is 0.996. The predicted octanol–water partition coefficient (Wildman–Crippen LogP) is 1.00. The van der Waals surface area contributed by atoms with E-state index in [1.165, 1.54) is 0 Å². The molecule has 1 radical (unpaired) electrons. The number of hydrogen-bond acceptors (Lipinski definition) is 1. The molecule has 0 aromatic carbocycles. The summed E-state index contributed by atoms with van der Waals surface area (Å²) in [6.07, 6.45) is 0. The zero-order valence-electron chi connectivity index (χ0n) is 3.69. The summed E-state index contributed by atoms with van der Waals surface area (Å²) in [6.45, 7) is 1.94. The predicted molar refractivity (Wildman–Crippen MR) is 24.3 cm³/mol. The maximum atomic E-state index is 4.39. The summed E-state index contributed by atoms with van der Waals surface area (Å²) >= 11 is 4.39. The Bertz CT molecular complexity index is 6.85. The average Bonchev–Trinajstić information content (AvgIpc) is 0.918. The normalized spacial score (nSPS) is 3.60. The summed E-state index contributed by atoms with van der Waals surface area (Å²) in [4.78, 5) is 0. The van der Waals surface area contributed by atoms with Crippen LogP contribution < -0.4 is 0 Å². The molecule has 31 valence electrons. The monoisotopic (exact) mass is 165 g/mol. The molecule has 0 rings (SSSR count). The van der Waals surface area contributed by atoms with Gasteiger partial charge < -0.3 is 20.1 Å². The SMILES string of the molecule is CC[S-].[CH3-].[Y]. The van der Waals surface area contributed by atoms with E-state index in [4.69, 9.17) is 0 Å². The molecule has 0 bridgehead atoms. The second kappa shape index (κ2) is 18.0. The third-order valence-corrected chi connectivity index (χ3v) is 0. The van der Waals surface area contributed by atoms with Crippen LogP contribution in [0.1, 0.15) is 6.92 Å². The molecular weight excluding hydrogens is 157 g/mol. The standard InChI is InChI=1S/C2H6S.CH3.Y/c1-2-3;;/h3H,2H2,1H3;1H3;/q;-1;/p-1. The van der Waals surface area contributed by atoms with Crippen molar-refractivity contribution in [2.24, 2.45) is 0 Å². The minimum Gasteiger partial charge on any atom is -0.793 e. The maximum Gasteiger partial charge on any atom is 0 e. The molecule has 0 amide bonds. The van der Waals surface area contributed by atoms with Crippen LogP contribution in [0.15, 0.2) is 0 Å². The second-order valence-corrected chi connectivity index (χ2v) is 0.866. The maximum absolute atomic E-state index is 4.39. The molecule has 0 aromatic heterocycles. The molecule has 0 saturated heterocycles. The van der Waals surface area contributed by atoms with E-state index in [0.717, 1.165) is 5.75 Å². The van der Waals surface area contributed by atoms with Crippen molar-refractivity contribution in [1.29, 1.82) is 0 Å². The van der Waals surface area contributed by atoms with E-state index in [-0.39, 0.29) is 40.1 Å². The summed E-state index contributed by atoms with van der Waals surface area (Å²) < 4.78 is 0. The van der Waals surface area contributed by atoms with Crippen LogP contribution in [0.2, 0.25) is 0 Å². The summed E-state index contributed by atoms with van der Waals surface area (Å²) in [7, 11) is 0. The van der Waals surface area contributed by atoms with E-state index >= 15 is 0 Å². The van der Waals surface area contributed by atoms with Crippen molar-refractivity contribution in [3.63, 3.8) is 0 Å². The van der Waals surface area contributed by atoms with Gasteiger partial charge in [0.05, 0.1) is 0 Å². The van der Waals surface area contributed by atoms with E-state index in [2.05, 4.69) is 12.6 Å². The molecule has 5 heavy (non-hydrogen) atoms. The van der Waals surface area contributed by atoms with Gasteiger partial charge in [0, 0.05) is 32.7 Å². The van der Waals surface area contributed by atoms with Gasteiger partial charge in [-0.15, -0.1) is 0 Å². The quantitative estimate of drug-likeness (QED) is 0.381. The molecule has 0 saturated carbocycles. The number of rotatable bonds is 0. The molecule has 0 unspecified atom stereocenters. The van der Waals surface area contributed by atoms with Crippen molar-refractivity contribution < 1.29 is 32.7 Å². The Balaban J connectivity index is -0.0000000200. The molecule has 0 aliphatic heterocycles. The van der Waals surface area contributed by atoms with Gasteiger partial charge in [-0.1, -0.05) is 6.92 Å². The van der Waals surface area contributed by atoms with Crippen molar-refractivity contribution in [2.75, 3.05) is 5.75 Å². The Morgan fingerprint density at radius 3 is 1.60 bits per heavy atom. The third-order valence-electron chi connectivity index (χ3n) is 0. The largest absolute Gasteiger partial charge is 0.793 e. The molecule has 0 N–H and O–H groups in total. The van der Waals surface area contributed by atoms with Gasteiger partial charge in [-0.25, -0.2) is 0 Å². The fourth-order valence-corrected chi connectivity index (χ4v) is 0. The Hall–Kier alpha value is 1.45. The van der Waals surface area contributed by atoms with Crippen LogP contribution in [-0.4, -0.2) is 5.75 Å². The summed E-state index contributed by atoms with van der Waals surface area (Å²) in [5.74, 6) is 0.833. The van der Waals surface area contributed by atoms with Gasteiger partial charge >= 0.3 is 0 Å². The van der Waals surface area contributed by atoms with Crippen LogP contribution in [0.5, 0.6) is 0 Å². The fraction of sp³-hybridized carbons (Fsp3) is 0.667. The van der Waals surface area contributed by atoms with Crippen molar-refractivity contribution in [2.45, 2.75) is 6.92 Å². The first-order valence-corrected chi connectivity index (χ1v) is 1.57. The van der Waals surface area contributed by atoms with Gasteiger partial charge in [-0.05, 0) is 0 Å². The van der Waals surface area contributed by atoms with Crippen LogP contribution in [0, 0.1) is 7.43 Å². The zero-order chi connectivity index (χ0) is 2.71. The van der Waals surface area contributed by atoms with E-state index in [1.807, 2.05) is 6.92 Å². The Morgan fingerprint density at radius 2 is 1.60 bits per heavy atom. The van der Waals surface area contributed by atoms with Crippen LogP contribution in [-0.2, 0) is 45.3 Å². The molecule has 0 aliphatic carbocycles. The smallest absolute Gasteiger partial charge is 0 e. The minimum absolute atomic E-state index is 0. The van der Waals surface area contributed by atoms with Crippen LogP contribution in [0.25, 0.3) is 0 Å². The molecule has 0 heterocycles. The average molecular weight is 165 g/mol. The van der Waals surface area contributed by atoms with E-state index in [9.17, 15) is 0 Å². The molecule has 0 nitrogen and oxygen atoms in total. The molecule has 0 fully saturated rings. The zero-order valence-corrected chi connectivity index (χ0v) is 7.35. The summed E-state index contributed by atoms with van der Waals surface area (Å²) in [6, 6.07) is 0. The van der Waals surface area contributed by atoms with Gasteiger partial charge in [0.1, 0.15) is 0 Å². The molecule has 0 atom stereocenters. The Labute approximate surface area is 65.0 Å². The fourth-order valence-electron chi connectivity index (χ4n) is 0. The molecule has 0 aliphatic rings. The second-order valence-electron chi connectivity index (χ2n) is 0.289. The summed E-state index contributed by atoms with van der Waals surface area (Å²) in [5.41, 5.74) is 0. The van der Waals surface area contributed by atoms with Crippen molar-refractivity contribution >= 4 is 12.6 Å². The van der Waals surface area contributed by atoms with Crippen LogP contribution in [0.3, 0.4) is 0 Å². The van der Waals surface area contributed by atoms with Gasteiger partial charge in [-0.2, -0.15) is 5.75 Å². The van der Waals surface area contributed by atoms with Crippen molar-refractivity contribution in [1.82, 2.24) is 0 Å². The van der Waals surface area contributed by atoms with Crippen molar-refractivity contribution in [3.05, 3.63) is 7.43 Å². The molecule has 0 spiro atoms. The first-order chi connectivity index (χ1) is 1.41. The Morgan fingerprint density at radius 1 is 1.60 bits per heavy atom. The Kier molecular flexibility index (Phi) is 57.8. The van der Waals surface area contributed by atoms with Gasteiger partial charge in [0.15, 0.2) is 0 Å². The van der Waals surface area contributed by atoms with Crippen molar-refractivity contribution in [3.8, 4) is 0 Å². The number of hydrogen-bond donors (Lipinski definition) is 0. The first kappa shape index (κ1) is 16.1. The third kappa shape index (κ3) is 30.8. The topological polar surface area (TPSA) is 0 Å². The van der Waals surface area contributed by atoms with Gasteiger partial charge in [0.2, 0.25) is 0 Å². The molecular formula is C3H8SY-2. The molecule has 2 heteroatoms. The molecule has 0 aromatic rings. The van der Waals surface area contributed by atoms with Crippen LogP contribution >= 0.6 is 0 Å². The summed E-state index contributed by atoms with van der Waals surface area (Å²) in [5, 5.41) is 0. The van der Waals surface area contributed by atoms with Gasteiger partial charge in [-0.3, -0.25) is 0 Å². The minimum atomic E-state index is 0. The van der Waals surface area contributed by atoms with Gasteiger partial charge in [0.25, 0.3) is 0 Å². The van der Waals surface area contributed by atoms with E-state index in [1.54, 1.807) is 0 Å². The van der Waals surface area contributed by atoms with Crippen LogP contribution in [0.4, 0.5) is 0 Å².